The first-order chi connectivity index (χ1) is 15.0. The molecule has 0 radical (unpaired) electrons. The molecule has 31 heavy (non-hydrogen) atoms. The molecule has 6 nitrogen and oxygen atoms in total. The normalized spacial score (nSPS) is 16.9. The maximum absolute atomic E-state index is 13.2. The summed E-state index contributed by atoms with van der Waals surface area (Å²) in [7, 11) is 0. The van der Waals surface area contributed by atoms with E-state index in [0.717, 1.165) is 71.9 Å². The smallest absolute Gasteiger partial charge is 0.231 e. The molecular weight excluding hydrogens is 390 g/mol. The van der Waals surface area contributed by atoms with Gasteiger partial charge in [0.1, 0.15) is 0 Å². The molecule has 2 aromatic carbocycles. The van der Waals surface area contributed by atoms with Gasteiger partial charge in [-0.05, 0) is 55.7 Å². The van der Waals surface area contributed by atoms with Gasteiger partial charge in [-0.25, -0.2) is 0 Å². The number of pyridine rings is 1. The van der Waals surface area contributed by atoms with E-state index >= 15 is 0 Å². The van der Waals surface area contributed by atoms with Crippen molar-refractivity contribution in [3.05, 3.63) is 68.5 Å². The monoisotopic (exact) mass is 419 g/mol. The van der Waals surface area contributed by atoms with Crippen LogP contribution in [0.15, 0.2) is 35.1 Å². The van der Waals surface area contributed by atoms with E-state index in [1.165, 1.54) is 11.1 Å². The van der Waals surface area contributed by atoms with Crippen LogP contribution >= 0.6 is 0 Å². The number of H-pyrrole nitrogens is 1. The van der Waals surface area contributed by atoms with Crippen molar-refractivity contribution in [3.63, 3.8) is 0 Å². The minimum atomic E-state index is 0.164. The Labute approximate surface area is 182 Å². The Morgan fingerprint density at radius 2 is 1.61 bits per heavy atom. The second-order valence-corrected chi connectivity index (χ2v) is 8.73. The number of fused-ring (bicyclic) bond motifs is 2. The Hall–Kier alpha value is -2.83. The Kier molecular flexibility index (Phi) is 5.20. The molecule has 0 atom stereocenters. The van der Waals surface area contributed by atoms with Crippen LogP contribution in [-0.2, 0) is 13.1 Å². The van der Waals surface area contributed by atoms with Crippen molar-refractivity contribution in [1.82, 2.24) is 14.8 Å². The number of ether oxygens (including phenoxy) is 2. The first-order valence-electron chi connectivity index (χ1n) is 10.9. The summed E-state index contributed by atoms with van der Waals surface area (Å²) in [4.78, 5) is 21.6. The zero-order valence-corrected chi connectivity index (χ0v) is 18.5. The van der Waals surface area contributed by atoms with Crippen molar-refractivity contribution >= 4 is 10.9 Å². The third-order valence-corrected chi connectivity index (χ3v) is 6.71. The molecule has 162 valence electrons. The fourth-order valence-corrected chi connectivity index (χ4v) is 4.58. The number of nitrogens with zero attached hydrogens (tertiary/aromatic N) is 2. The highest BCUT2D eigenvalue weighted by Crippen LogP contribution is 2.33. The lowest BCUT2D eigenvalue weighted by Gasteiger charge is -2.34. The van der Waals surface area contributed by atoms with Crippen LogP contribution < -0.4 is 14.9 Å². The van der Waals surface area contributed by atoms with Crippen molar-refractivity contribution in [3.8, 4) is 11.5 Å². The molecule has 5 rings (SSSR count). The van der Waals surface area contributed by atoms with Gasteiger partial charge in [-0.1, -0.05) is 12.1 Å². The lowest BCUT2D eigenvalue weighted by atomic mass is 10.0. The molecule has 0 amide bonds. The van der Waals surface area contributed by atoms with Gasteiger partial charge in [0.25, 0.3) is 0 Å². The van der Waals surface area contributed by atoms with Gasteiger partial charge in [0.05, 0.1) is 5.52 Å². The van der Waals surface area contributed by atoms with Crippen molar-refractivity contribution in [2.45, 2.75) is 33.9 Å². The second-order valence-electron chi connectivity index (χ2n) is 8.73. The maximum Gasteiger partial charge on any atom is 0.231 e. The van der Waals surface area contributed by atoms with Gasteiger partial charge in [-0.3, -0.25) is 14.6 Å². The van der Waals surface area contributed by atoms with E-state index in [1.54, 1.807) is 0 Å². The van der Waals surface area contributed by atoms with E-state index in [-0.39, 0.29) is 5.43 Å². The Morgan fingerprint density at radius 3 is 2.39 bits per heavy atom. The van der Waals surface area contributed by atoms with Crippen LogP contribution in [-0.4, -0.2) is 47.8 Å². The van der Waals surface area contributed by atoms with Crippen LogP contribution in [0.4, 0.5) is 0 Å². The number of nitrogens with one attached hydrogen (secondary N) is 1. The molecule has 1 N–H and O–H groups in total. The van der Waals surface area contributed by atoms with Crippen LogP contribution in [0.25, 0.3) is 10.9 Å². The van der Waals surface area contributed by atoms with E-state index in [1.807, 2.05) is 25.1 Å². The van der Waals surface area contributed by atoms with Gasteiger partial charge in [-0.15, -0.1) is 0 Å². The Bertz CT molecular complexity index is 1190. The van der Waals surface area contributed by atoms with E-state index in [9.17, 15) is 4.79 Å². The van der Waals surface area contributed by atoms with E-state index < -0.39 is 0 Å². The van der Waals surface area contributed by atoms with Crippen LogP contribution in [0.2, 0.25) is 0 Å². The minimum Gasteiger partial charge on any atom is -0.454 e. The number of aryl methyl sites for hydroxylation is 3. The molecule has 6 heteroatoms. The quantitative estimate of drug-likeness (QED) is 0.702. The standard InChI is InChI=1S/C25H29N3O3/c1-16-4-6-20-24(17(16)2)26-18(3)21(25(20)29)14-28-10-8-27(9-11-28)13-19-5-7-22-23(12-19)31-15-30-22/h4-7,12H,8-11,13-15H2,1-3H3,(H,26,29). The van der Waals surface area contributed by atoms with Gasteiger partial charge in [-0.2, -0.15) is 0 Å². The number of benzene rings is 2. The summed E-state index contributed by atoms with van der Waals surface area (Å²) < 4.78 is 10.9. The Balaban J connectivity index is 1.26. The summed E-state index contributed by atoms with van der Waals surface area (Å²) in [6.45, 7) is 12.0. The summed E-state index contributed by atoms with van der Waals surface area (Å²) in [5.41, 5.74) is 6.60. The zero-order chi connectivity index (χ0) is 21.5. The highest BCUT2D eigenvalue weighted by molar-refractivity contribution is 5.83. The number of rotatable bonds is 4. The molecule has 3 heterocycles. The predicted molar refractivity (Wildman–Crippen MR) is 122 cm³/mol. The van der Waals surface area contributed by atoms with Crippen molar-refractivity contribution in [2.75, 3.05) is 33.0 Å². The highest BCUT2D eigenvalue weighted by atomic mass is 16.7. The van der Waals surface area contributed by atoms with Crippen LogP contribution in [0.1, 0.15) is 27.9 Å². The predicted octanol–water partition coefficient (Wildman–Crippen LogP) is 3.50. The molecule has 0 spiro atoms. The number of aromatic amines is 1. The van der Waals surface area contributed by atoms with Gasteiger partial charge in [0.2, 0.25) is 6.79 Å². The number of piperazine rings is 1. The highest BCUT2D eigenvalue weighted by Gasteiger charge is 2.21. The van der Waals surface area contributed by atoms with Crippen LogP contribution in [0.3, 0.4) is 0 Å². The molecule has 2 aliphatic rings. The van der Waals surface area contributed by atoms with Crippen LogP contribution in [0.5, 0.6) is 11.5 Å². The molecule has 0 unspecified atom stereocenters. The topological polar surface area (TPSA) is 57.8 Å². The third-order valence-electron chi connectivity index (χ3n) is 6.71. The second kappa shape index (κ2) is 8.02. The van der Waals surface area contributed by atoms with Crippen molar-refractivity contribution in [1.29, 1.82) is 0 Å². The van der Waals surface area contributed by atoms with Gasteiger partial charge in [0.15, 0.2) is 16.9 Å². The number of hydrogen-bond donors (Lipinski definition) is 1. The fourth-order valence-electron chi connectivity index (χ4n) is 4.58. The van der Waals surface area contributed by atoms with Gasteiger partial charge in [0, 0.05) is 55.9 Å². The molecule has 0 bridgehead atoms. The lowest BCUT2D eigenvalue weighted by molar-refractivity contribution is 0.121. The van der Waals surface area contributed by atoms with Crippen molar-refractivity contribution < 1.29 is 9.47 Å². The molecule has 1 fully saturated rings. The summed E-state index contributed by atoms with van der Waals surface area (Å²) in [6.07, 6.45) is 0. The van der Waals surface area contributed by atoms with Gasteiger partial charge < -0.3 is 14.5 Å². The number of hydrogen-bond acceptors (Lipinski definition) is 5. The molecule has 1 aromatic heterocycles. The maximum atomic E-state index is 13.2. The zero-order valence-electron chi connectivity index (χ0n) is 18.5. The summed E-state index contributed by atoms with van der Waals surface area (Å²) in [5, 5.41) is 0.796. The summed E-state index contributed by atoms with van der Waals surface area (Å²) >= 11 is 0. The Morgan fingerprint density at radius 1 is 0.903 bits per heavy atom. The molecule has 0 aliphatic carbocycles. The molecule has 3 aromatic rings. The fraction of sp³-hybridized carbons (Fsp3) is 0.400. The molecule has 0 saturated carbocycles. The lowest BCUT2D eigenvalue weighted by Crippen LogP contribution is -2.46. The minimum absolute atomic E-state index is 0.164. The average molecular weight is 420 g/mol. The van der Waals surface area contributed by atoms with Crippen molar-refractivity contribution in [2.24, 2.45) is 0 Å². The largest absolute Gasteiger partial charge is 0.454 e. The SMILES string of the molecule is Cc1ccc2c(=O)c(CN3CCN(Cc4ccc5c(c4)OCO5)CC3)c(C)[nH]c2c1C. The summed E-state index contributed by atoms with van der Waals surface area (Å²) in [5.74, 6) is 1.67. The first kappa shape index (κ1) is 20.1. The first-order valence-corrected chi connectivity index (χ1v) is 10.9. The van der Waals surface area contributed by atoms with E-state index in [4.69, 9.17) is 9.47 Å². The van der Waals surface area contributed by atoms with E-state index in [2.05, 4.69) is 40.8 Å². The summed E-state index contributed by atoms with van der Waals surface area (Å²) in [6, 6.07) is 10.2. The third kappa shape index (κ3) is 3.82. The molecule has 2 aliphatic heterocycles. The molecule has 1 saturated heterocycles. The van der Waals surface area contributed by atoms with Crippen LogP contribution in [0, 0.1) is 20.8 Å². The number of aromatic nitrogens is 1. The average Bonchev–Trinajstić information content (AvgIpc) is 3.23. The van der Waals surface area contributed by atoms with Gasteiger partial charge >= 0.3 is 0 Å². The van der Waals surface area contributed by atoms with E-state index in [0.29, 0.717) is 13.3 Å². The molecular formula is C25H29N3O3.